The van der Waals surface area contributed by atoms with Crippen LogP contribution in [0.4, 0.5) is 5.69 Å². The first-order valence-corrected chi connectivity index (χ1v) is 11.1. The molecular formula is C24H26ClN3O5. The van der Waals surface area contributed by atoms with Crippen molar-refractivity contribution in [2.75, 3.05) is 31.6 Å². The van der Waals surface area contributed by atoms with Crippen LogP contribution in [0, 0.1) is 5.92 Å². The van der Waals surface area contributed by atoms with Crippen molar-refractivity contribution in [3.05, 3.63) is 65.2 Å². The molecule has 0 saturated carbocycles. The number of carbonyl (C=O) groups excluding carboxylic acids is 4. The number of amides is 3. The Morgan fingerprint density at radius 3 is 2.30 bits per heavy atom. The van der Waals surface area contributed by atoms with Crippen molar-refractivity contribution in [3.8, 4) is 0 Å². The van der Waals surface area contributed by atoms with Gasteiger partial charge in [0.25, 0.3) is 11.8 Å². The van der Waals surface area contributed by atoms with Crippen LogP contribution in [0.1, 0.15) is 29.6 Å². The Morgan fingerprint density at radius 2 is 1.64 bits per heavy atom. The predicted molar refractivity (Wildman–Crippen MR) is 124 cm³/mol. The van der Waals surface area contributed by atoms with Crippen molar-refractivity contribution in [3.63, 3.8) is 0 Å². The number of hydrogen-bond donors (Lipinski definition) is 2. The maximum Gasteiger partial charge on any atom is 0.308 e. The van der Waals surface area contributed by atoms with Gasteiger partial charge in [0, 0.05) is 41.8 Å². The van der Waals surface area contributed by atoms with Gasteiger partial charge >= 0.3 is 5.97 Å². The molecule has 2 aromatic rings. The van der Waals surface area contributed by atoms with Gasteiger partial charge in [-0.3, -0.25) is 19.2 Å². The first-order chi connectivity index (χ1) is 15.9. The van der Waals surface area contributed by atoms with Crippen molar-refractivity contribution >= 4 is 41.0 Å². The summed E-state index contributed by atoms with van der Waals surface area (Å²) in [6, 6.07) is 15.6. The van der Waals surface area contributed by atoms with Crippen LogP contribution in [0.3, 0.4) is 0 Å². The molecule has 9 heteroatoms. The number of hydrogen-bond acceptors (Lipinski definition) is 5. The smallest absolute Gasteiger partial charge is 0.308 e. The van der Waals surface area contributed by atoms with Crippen molar-refractivity contribution in [1.82, 2.24) is 10.2 Å². The second kappa shape index (κ2) is 12.0. The molecule has 174 valence electrons. The van der Waals surface area contributed by atoms with Crippen molar-refractivity contribution in [2.24, 2.45) is 5.92 Å². The summed E-state index contributed by atoms with van der Waals surface area (Å²) in [4.78, 5) is 50.2. The molecule has 2 N–H and O–H groups in total. The van der Waals surface area contributed by atoms with Gasteiger partial charge in [-0.05, 0) is 49.2 Å². The average molecular weight is 472 g/mol. The van der Waals surface area contributed by atoms with E-state index in [0.717, 1.165) is 5.69 Å². The minimum Gasteiger partial charge on any atom is -0.456 e. The van der Waals surface area contributed by atoms with Crippen molar-refractivity contribution < 1.29 is 23.9 Å². The van der Waals surface area contributed by atoms with Gasteiger partial charge in [0.15, 0.2) is 6.61 Å². The molecule has 8 nitrogen and oxygen atoms in total. The Morgan fingerprint density at radius 1 is 0.970 bits per heavy atom. The maximum absolute atomic E-state index is 12.4. The van der Waals surface area contributed by atoms with E-state index in [9.17, 15) is 19.2 Å². The van der Waals surface area contributed by atoms with Gasteiger partial charge in [-0.2, -0.15) is 0 Å². The Labute approximate surface area is 197 Å². The van der Waals surface area contributed by atoms with Crippen LogP contribution < -0.4 is 10.6 Å². The highest BCUT2D eigenvalue weighted by Gasteiger charge is 2.27. The highest BCUT2D eigenvalue weighted by atomic mass is 35.5. The van der Waals surface area contributed by atoms with Crippen LogP contribution in [-0.2, 0) is 19.1 Å². The second-order valence-corrected chi connectivity index (χ2v) is 8.12. The molecule has 0 aromatic heterocycles. The largest absolute Gasteiger partial charge is 0.456 e. The van der Waals surface area contributed by atoms with Crippen LogP contribution in [0.15, 0.2) is 54.6 Å². The summed E-state index contributed by atoms with van der Waals surface area (Å²) in [5.74, 6) is -1.41. The molecule has 0 spiro atoms. The molecule has 1 aliphatic heterocycles. The number of para-hydroxylation sites is 1. The van der Waals surface area contributed by atoms with Gasteiger partial charge < -0.3 is 20.3 Å². The number of ether oxygens (including phenoxy) is 1. The van der Waals surface area contributed by atoms with E-state index >= 15 is 0 Å². The van der Waals surface area contributed by atoms with Gasteiger partial charge in [-0.25, -0.2) is 0 Å². The molecule has 3 rings (SSSR count). The molecule has 33 heavy (non-hydrogen) atoms. The lowest BCUT2D eigenvalue weighted by Crippen LogP contribution is -2.43. The summed E-state index contributed by atoms with van der Waals surface area (Å²) in [5.41, 5.74) is 1.18. The number of halogens is 1. The molecule has 1 heterocycles. The van der Waals surface area contributed by atoms with Crippen molar-refractivity contribution in [2.45, 2.75) is 19.3 Å². The highest BCUT2D eigenvalue weighted by molar-refractivity contribution is 6.30. The minimum atomic E-state index is -0.572. The molecule has 1 aliphatic rings. The minimum absolute atomic E-state index is 0.0473. The lowest BCUT2D eigenvalue weighted by Gasteiger charge is -2.31. The molecule has 1 saturated heterocycles. The quantitative estimate of drug-likeness (QED) is 0.576. The summed E-state index contributed by atoms with van der Waals surface area (Å²) in [7, 11) is 0. The molecule has 3 amide bonds. The molecule has 1 fully saturated rings. The van der Waals surface area contributed by atoms with Gasteiger partial charge in [0.05, 0.1) is 6.42 Å². The van der Waals surface area contributed by atoms with Crippen LogP contribution in [0.25, 0.3) is 0 Å². The molecule has 2 aromatic carbocycles. The number of benzene rings is 2. The lowest BCUT2D eigenvalue weighted by atomic mass is 9.95. The van der Waals surface area contributed by atoms with E-state index in [2.05, 4.69) is 10.6 Å². The summed E-state index contributed by atoms with van der Waals surface area (Å²) in [6.07, 6.45) is 1.05. The molecule has 0 unspecified atom stereocenters. The Balaban J connectivity index is 1.31. The van der Waals surface area contributed by atoms with E-state index in [-0.39, 0.29) is 43.2 Å². The number of carbonyl (C=O) groups is 4. The highest BCUT2D eigenvalue weighted by Crippen LogP contribution is 2.19. The third-order valence-electron chi connectivity index (χ3n) is 5.34. The fourth-order valence-corrected chi connectivity index (χ4v) is 3.57. The van der Waals surface area contributed by atoms with E-state index < -0.39 is 5.97 Å². The second-order valence-electron chi connectivity index (χ2n) is 7.68. The van der Waals surface area contributed by atoms with Crippen LogP contribution in [-0.4, -0.2) is 54.8 Å². The molecule has 0 radical (unpaired) electrons. The zero-order valence-corrected chi connectivity index (χ0v) is 18.8. The normalized spacial score (nSPS) is 13.8. The first-order valence-electron chi connectivity index (χ1n) is 10.8. The summed E-state index contributed by atoms with van der Waals surface area (Å²) < 4.78 is 5.04. The molecule has 0 bridgehead atoms. The predicted octanol–water partition coefficient (Wildman–Crippen LogP) is 2.88. The van der Waals surface area contributed by atoms with Crippen LogP contribution in [0.2, 0.25) is 5.02 Å². The average Bonchev–Trinajstić information content (AvgIpc) is 2.83. The number of likely N-dealkylation sites (tertiary alicyclic amines) is 1. The van der Waals surface area contributed by atoms with Gasteiger partial charge in [-0.15, -0.1) is 0 Å². The third-order valence-corrected chi connectivity index (χ3v) is 5.59. The zero-order chi connectivity index (χ0) is 23.6. The topological polar surface area (TPSA) is 105 Å². The number of nitrogens with zero attached hydrogens (tertiary/aromatic N) is 1. The standard InChI is InChI=1S/C24H26ClN3O5/c25-19-8-6-17(7-9-19)23(31)26-13-10-22(30)33-16-21(29)28-14-11-18(12-15-28)24(32)27-20-4-2-1-3-5-20/h1-9,18H,10-16H2,(H,26,31)(H,27,32). The van der Waals surface area contributed by atoms with E-state index in [4.69, 9.17) is 16.3 Å². The first kappa shape index (κ1) is 24.3. The van der Waals surface area contributed by atoms with Crippen molar-refractivity contribution in [1.29, 1.82) is 0 Å². The van der Waals surface area contributed by atoms with Crippen LogP contribution in [0.5, 0.6) is 0 Å². The number of anilines is 1. The van der Waals surface area contributed by atoms with E-state index in [1.807, 2.05) is 30.3 Å². The summed E-state index contributed by atoms with van der Waals surface area (Å²) >= 11 is 5.79. The SMILES string of the molecule is O=C(CCNC(=O)c1ccc(Cl)cc1)OCC(=O)N1CCC(C(=O)Nc2ccccc2)CC1. The Bertz CT molecular complexity index is 973. The number of nitrogens with one attached hydrogen (secondary N) is 2. The monoisotopic (exact) mass is 471 g/mol. The number of esters is 1. The lowest BCUT2D eigenvalue weighted by molar-refractivity contribution is -0.152. The Hall–Kier alpha value is -3.39. The van der Waals surface area contributed by atoms with E-state index in [1.54, 1.807) is 29.2 Å². The zero-order valence-electron chi connectivity index (χ0n) is 18.1. The van der Waals surface area contributed by atoms with Crippen LogP contribution >= 0.6 is 11.6 Å². The fraction of sp³-hybridized carbons (Fsp3) is 0.333. The van der Waals surface area contributed by atoms with E-state index in [1.165, 1.54) is 0 Å². The molecule has 0 atom stereocenters. The third kappa shape index (κ3) is 7.61. The van der Waals surface area contributed by atoms with E-state index in [0.29, 0.717) is 36.5 Å². The fourth-order valence-electron chi connectivity index (χ4n) is 3.44. The van der Waals surface area contributed by atoms with Gasteiger partial charge in [-0.1, -0.05) is 29.8 Å². The van der Waals surface area contributed by atoms with Gasteiger partial charge in [0.1, 0.15) is 0 Å². The summed E-state index contributed by atoms with van der Waals surface area (Å²) in [5, 5.41) is 6.03. The number of rotatable bonds is 8. The summed E-state index contributed by atoms with van der Waals surface area (Å²) in [6.45, 7) is 0.599. The Kier molecular flexibility index (Phi) is 8.83. The molecule has 0 aliphatic carbocycles. The molecular weight excluding hydrogens is 446 g/mol. The maximum atomic E-state index is 12.4. The number of piperidine rings is 1. The van der Waals surface area contributed by atoms with Gasteiger partial charge in [0.2, 0.25) is 5.91 Å².